The quantitative estimate of drug-likeness (QED) is 0.361. The van der Waals surface area contributed by atoms with Crippen LogP contribution in [-0.4, -0.2) is 30.1 Å². The van der Waals surface area contributed by atoms with Gasteiger partial charge in [0.25, 0.3) is 0 Å². The SMILES string of the molecule is CC(=O)O[C@H]1CC[C@@]2(C)C(CC[C@]3(C)C2CC[C@]24OCC5(CCC(C)(C)CC52)C(=O)C[C@]43C)C1(C)C. The molecule has 1 spiro atoms. The van der Waals surface area contributed by atoms with Crippen LogP contribution in [0.3, 0.4) is 0 Å². The first-order valence-electron chi connectivity index (χ1n) is 14.9. The van der Waals surface area contributed by atoms with Gasteiger partial charge in [-0.25, -0.2) is 0 Å². The van der Waals surface area contributed by atoms with Crippen molar-refractivity contribution in [2.45, 2.75) is 131 Å². The first-order valence-corrected chi connectivity index (χ1v) is 14.9. The summed E-state index contributed by atoms with van der Waals surface area (Å²) in [4.78, 5) is 26.1. The van der Waals surface area contributed by atoms with Crippen molar-refractivity contribution in [2.75, 3.05) is 6.61 Å². The van der Waals surface area contributed by atoms with E-state index in [9.17, 15) is 9.59 Å². The Labute approximate surface area is 219 Å². The largest absolute Gasteiger partial charge is 0.462 e. The molecule has 4 heteroatoms. The zero-order chi connectivity index (χ0) is 26.2. The van der Waals surface area contributed by atoms with Crippen molar-refractivity contribution in [1.82, 2.24) is 0 Å². The van der Waals surface area contributed by atoms with Crippen molar-refractivity contribution >= 4 is 11.8 Å². The Morgan fingerprint density at radius 2 is 1.56 bits per heavy atom. The third kappa shape index (κ3) is 2.76. The first kappa shape index (κ1) is 25.4. The predicted octanol–water partition coefficient (Wildman–Crippen LogP) is 7.13. The summed E-state index contributed by atoms with van der Waals surface area (Å²) in [5, 5.41) is 0. The third-order valence-electron chi connectivity index (χ3n) is 14.2. The monoisotopic (exact) mass is 498 g/mol. The molecule has 4 nitrogen and oxygen atoms in total. The Bertz CT molecular complexity index is 998. The maximum absolute atomic E-state index is 14.2. The van der Waals surface area contributed by atoms with Crippen molar-refractivity contribution in [3.05, 3.63) is 0 Å². The van der Waals surface area contributed by atoms with Crippen molar-refractivity contribution in [3.63, 3.8) is 0 Å². The van der Waals surface area contributed by atoms with Crippen LogP contribution in [0.2, 0.25) is 0 Å². The highest BCUT2D eigenvalue weighted by molar-refractivity contribution is 5.88. The number of hydrogen-bond acceptors (Lipinski definition) is 4. The molecule has 6 fully saturated rings. The molecule has 6 rings (SSSR count). The Kier molecular flexibility index (Phi) is 5.07. The van der Waals surface area contributed by atoms with E-state index in [1.54, 1.807) is 6.92 Å². The summed E-state index contributed by atoms with van der Waals surface area (Å²) < 4.78 is 13.0. The molecule has 9 atom stereocenters. The van der Waals surface area contributed by atoms with Crippen LogP contribution in [0.4, 0.5) is 0 Å². The number of hydrogen-bond donors (Lipinski definition) is 0. The number of rotatable bonds is 1. The number of carbonyl (C=O) groups is 2. The maximum atomic E-state index is 14.2. The minimum Gasteiger partial charge on any atom is -0.462 e. The fourth-order valence-corrected chi connectivity index (χ4v) is 12.1. The Morgan fingerprint density at radius 3 is 2.25 bits per heavy atom. The van der Waals surface area contributed by atoms with Gasteiger partial charge in [-0.1, -0.05) is 48.5 Å². The average molecular weight is 499 g/mol. The van der Waals surface area contributed by atoms with Crippen LogP contribution in [0.15, 0.2) is 0 Å². The molecule has 0 amide bonds. The van der Waals surface area contributed by atoms with Crippen LogP contribution in [0, 0.1) is 50.2 Å². The smallest absolute Gasteiger partial charge is 0.302 e. The van der Waals surface area contributed by atoms with Crippen LogP contribution < -0.4 is 0 Å². The average Bonchev–Trinajstić information content (AvgIpc) is 3.03. The van der Waals surface area contributed by atoms with E-state index in [-0.39, 0.29) is 50.2 Å². The molecule has 1 saturated heterocycles. The number of carbonyl (C=O) groups excluding carboxylic acids is 2. The Hall–Kier alpha value is -0.900. The molecule has 36 heavy (non-hydrogen) atoms. The summed E-state index contributed by atoms with van der Waals surface area (Å²) in [6.45, 7) is 19.3. The second kappa shape index (κ2) is 7.19. The summed E-state index contributed by atoms with van der Waals surface area (Å²) in [6, 6.07) is 0. The fraction of sp³-hybridized carbons (Fsp3) is 0.938. The van der Waals surface area contributed by atoms with Gasteiger partial charge in [0.15, 0.2) is 0 Å². The van der Waals surface area contributed by atoms with Crippen molar-refractivity contribution in [1.29, 1.82) is 0 Å². The zero-order valence-electron chi connectivity index (χ0n) is 24.2. The Morgan fingerprint density at radius 1 is 0.861 bits per heavy atom. The molecule has 0 aromatic carbocycles. The lowest BCUT2D eigenvalue weighted by Gasteiger charge is -2.74. The van der Waals surface area contributed by atoms with Gasteiger partial charge in [0.05, 0.1) is 17.6 Å². The molecule has 0 radical (unpaired) electrons. The van der Waals surface area contributed by atoms with Crippen LogP contribution in [0.5, 0.6) is 0 Å². The molecule has 1 heterocycles. The summed E-state index contributed by atoms with van der Waals surface area (Å²) >= 11 is 0. The number of fused-ring (bicyclic) bond motifs is 4. The molecule has 202 valence electrons. The van der Waals surface area contributed by atoms with E-state index in [1.807, 2.05) is 0 Å². The Balaban J connectivity index is 1.41. The highest BCUT2D eigenvalue weighted by Crippen LogP contribution is 2.80. The minimum absolute atomic E-state index is 0.00228. The van der Waals surface area contributed by atoms with E-state index < -0.39 is 0 Å². The first-order chi connectivity index (χ1) is 16.6. The van der Waals surface area contributed by atoms with Gasteiger partial charge >= 0.3 is 5.97 Å². The lowest BCUT2D eigenvalue weighted by atomic mass is 9.30. The van der Waals surface area contributed by atoms with E-state index in [0.717, 1.165) is 51.4 Å². The van der Waals surface area contributed by atoms with Crippen LogP contribution in [0.25, 0.3) is 0 Å². The van der Waals surface area contributed by atoms with Gasteiger partial charge in [-0.2, -0.15) is 0 Å². The van der Waals surface area contributed by atoms with Crippen molar-refractivity contribution in [2.24, 2.45) is 50.2 Å². The number of esters is 1. The molecule has 0 aromatic rings. The van der Waals surface area contributed by atoms with Crippen LogP contribution in [-0.2, 0) is 19.1 Å². The molecule has 1 aliphatic heterocycles. The molecule has 6 aliphatic rings. The molecule has 5 aliphatic carbocycles. The third-order valence-corrected chi connectivity index (χ3v) is 14.2. The molecular formula is C32H50O4. The molecule has 2 bridgehead atoms. The number of Topliss-reactive ketones (excluding diaryl/α,β-unsaturated/α-hetero) is 1. The highest BCUT2D eigenvalue weighted by Gasteiger charge is 2.80. The standard InChI is InChI=1S/C32H50O4/c1-20(33)36-25-11-12-28(6)21(27(25,4)5)9-13-29(7)22(28)10-14-32-23-17-26(2,3)15-16-31(23,19-35-32)24(34)18-30(29,32)8/h21-23,25H,9-19H2,1-8H3/t21?,22?,23?,25-,28-,29+,30-,31?,32-/m0/s1. The summed E-state index contributed by atoms with van der Waals surface area (Å²) in [6.07, 6.45) is 10.7. The summed E-state index contributed by atoms with van der Waals surface area (Å²) in [5.41, 5.74) is 0.0248. The maximum Gasteiger partial charge on any atom is 0.302 e. The highest BCUT2D eigenvalue weighted by atomic mass is 16.5. The van der Waals surface area contributed by atoms with Crippen LogP contribution >= 0.6 is 0 Å². The van der Waals surface area contributed by atoms with E-state index in [2.05, 4.69) is 48.5 Å². The van der Waals surface area contributed by atoms with Gasteiger partial charge in [-0.15, -0.1) is 0 Å². The summed E-state index contributed by atoms with van der Waals surface area (Å²) in [5.74, 6) is 1.84. The molecule has 4 unspecified atom stereocenters. The van der Waals surface area contributed by atoms with Gasteiger partial charge < -0.3 is 9.47 Å². The van der Waals surface area contributed by atoms with E-state index in [1.165, 1.54) is 6.42 Å². The number of ketones is 1. The summed E-state index contributed by atoms with van der Waals surface area (Å²) in [7, 11) is 0. The zero-order valence-corrected chi connectivity index (χ0v) is 24.2. The van der Waals surface area contributed by atoms with Crippen molar-refractivity contribution < 1.29 is 19.1 Å². The van der Waals surface area contributed by atoms with Gasteiger partial charge in [-0.05, 0) is 85.9 Å². The van der Waals surface area contributed by atoms with Gasteiger partial charge in [-0.3, -0.25) is 9.59 Å². The topological polar surface area (TPSA) is 52.6 Å². The van der Waals surface area contributed by atoms with Crippen molar-refractivity contribution in [3.8, 4) is 0 Å². The van der Waals surface area contributed by atoms with E-state index in [4.69, 9.17) is 9.47 Å². The molecule has 5 saturated carbocycles. The lowest BCUT2D eigenvalue weighted by Crippen LogP contribution is -2.73. The van der Waals surface area contributed by atoms with E-state index >= 15 is 0 Å². The van der Waals surface area contributed by atoms with Gasteiger partial charge in [0, 0.05) is 30.1 Å². The minimum atomic E-state index is -0.219. The van der Waals surface area contributed by atoms with Gasteiger partial charge in [0.2, 0.25) is 0 Å². The second-order valence-electron chi connectivity index (χ2n) is 16.3. The molecular weight excluding hydrogens is 448 g/mol. The van der Waals surface area contributed by atoms with Crippen LogP contribution in [0.1, 0.15) is 120 Å². The number of ether oxygens (including phenoxy) is 2. The fourth-order valence-electron chi connectivity index (χ4n) is 12.1. The second-order valence-corrected chi connectivity index (χ2v) is 16.3. The van der Waals surface area contributed by atoms with E-state index in [0.29, 0.717) is 36.6 Å². The van der Waals surface area contributed by atoms with Gasteiger partial charge in [0.1, 0.15) is 11.9 Å². The predicted molar refractivity (Wildman–Crippen MR) is 140 cm³/mol. The molecule has 0 aromatic heterocycles. The normalized spacial score (nSPS) is 54.5. The molecule has 0 N–H and O–H groups in total. The lowest BCUT2D eigenvalue weighted by molar-refractivity contribution is -0.283.